The van der Waals surface area contributed by atoms with Gasteiger partial charge in [-0.1, -0.05) is 36.1 Å². The number of methoxy groups -OCH3 is 1. The monoisotopic (exact) mass is 317 g/mol. The smallest absolute Gasteiger partial charge is 0.263 e. The van der Waals surface area contributed by atoms with Crippen molar-refractivity contribution in [1.82, 2.24) is 5.32 Å². The van der Waals surface area contributed by atoms with Gasteiger partial charge in [0.25, 0.3) is 5.91 Å². The normalized spacial score (nSPS) is 16.3. The third-order valence-electron chi connectivity index (χ3n) is 2.91. The highest BCUT2D eigenvalue weighted by Crippen LogP contribution is 2.32. The molecule has 1 amide bonds. The summed E-state index contributed by atoms with van der Waals surface area (Å²) in [6, 6.07) is 11.3. The molecule has 2 aromatic rings. The van der Waals surface area contributed by atoms with Crippen LogP contribution in [0.3, 0.4) is 0 Å². The average Bonchev–Trinajstić information content (AvgIpc) is 3.06. The molecule has 1 aliphatic rings. The van der Waals surface area contributed by atoms with E-state index < -0.39 is 0 Å². The number of rotatable bonds is 3. The predicted molar refractivity (Wildman–Crippen MR) is 87.0 cm³/mol. The van der Waals surface area contributed by atoms with Gasteiger partial charge in [-0.2, -0.15) is 0 Å². The molecular weight excluding hydrogens is 306 g/mol. The van der Waals surface area contributed by atoms with Gasteiger partial charge in [-0.3, -0.25) is 4.79 Å². The third-order valence-corrected chi connectivity index (χ3v) is 4.08. The molecule has 0 radical (unpaired) electrons. The Morgan fingerprint density at radius 2 is 2.10 bits per heavy atom. The highest BCUT2D eigenvalue weighted by atomic mass is 32.2. The minimum atomic E-state index is -0.194. The summed E-state index contributed by atoms with van der Waals surface area (Å²) in [7, 11) is 1.62. The molecule has 2 heterocycles. The maximum absolute atomic E-state index is 11.6. The van der Waals surface area contributed by atoms with Gasteiger partial charge in [0.2, 0.25) is 0 Å². The Morgan fingerprint density at radius 1 is 1.29 bits per heavy atom. The molecule has 1 N–H and O–H groups in total. The molecule has 1 aliphatic heterocycles. The van der Waals surface area contributed by atoms with Gasteiger partial charge in [-0.05, 0) is 24.3 Å². The van der Waals surface area contributed by atoms with Crippen LogP contribution in [0.25, 0.3) is 17.4 Å². The van der Waals surface area contributed by atoms with Crippen molar-refractivity contribution in [3.8, 4) is 17.1 Å². The number of benzene rings is 1. The third kappa shape index (κ3) is 2.86. The van der Waals surface area contributed by atoms with Crippen LogP contribution < -0.4 is 10.1 Å². The number of thiocarbonyl (C=S) groups is 1. The van der Waals surface area contributed by atoms with Gasteiger partial charge in [-0.15, -0.1) is 0 Å². The van der Waals surface area contributed by atoms with E-state index in [1.165, 1.54) is 11.8 Å². The first kappa shape index (κ1) is 13.9. The lowest BCUT2D eigenvalue weighted by molar-refractivity contribution is -0.115. The lowest BCUT2D eigenvalue weighted by Crippen LogP contribution is -2.17. The number of amides is 1. The van der Waals surface area contributed by atoms with E-state index >= 15 is 0 Å². The molecule has 1 saturated heterocycles. The second-order valence-corrected chi connectivity index (χ2v) is 5.97. The number of thioether (sulfide) groups is 1. The Morgan fingerprint density at radius 3 is 2.81 bits per heavy atom. The molecular formula is C15H11NO3S2. The van der Waals surface area contributed by atoms with Crippen LogP contribution >= 0.6 is 24.0 Å². The molecule has 0 spiro atoms. The molecule has 4 nitrogen and oxygen atoms in total. The van der Waals surface area contributed by atoms with Crippen molar-refractivity contribution < 1.29 is 13.9 Å². The van der Waals surface area contributed by atoms with E-state index in [9.17, 15) is 4.79 Å². The van der Waals surface area contributed by atoms with Crippen molar-refractivity contribution in [1.29, 1.82) is 0 Å². The quantitative estimate of drug-likeness (QED) is 0.694. The minimum absolute atomic E-state index is 0.194. The molecule has 1 aromatic carbocycles. The van der Waals surface area contributed by atoms with Crippen LogP contribution in [0.4, 0.5) is 0 Å². The summed E-state index contributed by atoms with van der Waals surface area (Å²) in [5.74, 6) is 1.82. The van der Waals surface area contributed by atoms with Gasteiger partial charge in [0, 0.05) is 6.08 Å². The summed E-state index contributed by atoms with van der Waals surface area (Å²) >= 11 is 6.18. The molecule has 3 rings (SSSR count). The topological polar surface area (TPSA) is 51.5 Å². The van der Waals surface area contributed by atoms with Gasteiger partial charge in [0.1, 0.15) is 21.6 Å². The summed E-state index contributed by atoms with van der Waals surface area (Å²) in [4.78, 5) is 12.1. The van der Waals surface area contributed by atoms with E-state index in [4.69, 9.17) is 21.4 Å². The van der Waals surface area contributed by atoms with Crippen molar-refractivity contribution in [3.05, 3.63) is 47.1 Å². The summed E-state index contributed by atoms with van der Waals surface area (Å²) in [6.07, 6.45) is 1.68. The number of nitrogens with one attached hydrogen (secondary N) is 1. The van der Waals surface area contributed by atoms with Gasteiger partial charge < -0.3 is 14.5 Å². The van der Waals surface area contributed by atoms with E-state index in [2.05, 4.69) is 5.32 Å². The molecule has 106 valence electrons. The Balaban J connectivity index is 1.92. The Kier molecular flexibility index (Phi) is 3.81. The molecule has 1 fully saturated rings. The van der Waals surface area contributed by atoms with Crippen LogP contribution in [0.5, 0.6) is 5.75 Å². The molecule has 0 unspecified atom stereocenters. The highest BCUT2D eigenvalue weighted by molar-refractivity contribution is 8.26. The van der Waals surface area contributed by atoms with Crippen molar-refractivity contribution in [3.63, 3.8) is 0 Å². The summed E-state index contributed by atoms with van der Waals surface area (Å²) in [5.41, 5.74) is 0.865. The summed E-state index contributed by atoms with van der Waals surface area (Å²) in [6.45, 7) is 0. The first-order chi connectivity index (χ1) is 10.2. The van der Waals surface area contributed by atoms with E-state index in [-0.39, 0.29) is 5.91 Å². The lowest BCUT2D eigenvalue weighted by atomic mass is 10.1. The predicted octanol–water partition coefficient (Wildman–Crippen LogP) is 3.44. The van der Waals surface area contributed by atoms with Crippen LogP contribution in [-0.2, 0) is 4.79 Å². The maximum atomic E-state index is 11.6. The van der Waals surface area contributed by atoms with E-state index in [0.29, 0.717) is 20.7 Å². The van der Waals surface area contributed by atoms with Crippen molar-refractivity contribution >= 4 is 40.3 Å². The summed E-state index contributed by atoms with van der Waals surface area (Å²) in [5, 5.41) is 2.57. The van der Waals surface area contributed by atoms with Crippen LogP contribution in [-0.4, -0.2) is 17.3 Å². The Labute approximate surface area is 131 Å². The lowest BCUT2D eigenvalue weighted by Gasteiger charge is -2.04. The van der Waals surface area contributed by atoms with Gasteiger partial charge >= 0.3 is 0 Å². The largest absolute Gasteiger partial charge is 0.496 e. The molecule has 0 atom stereocenters. The molecule has 0 bridgehead atoms. The van der Waals surface area contributed by atoms with Gasteiger partial charge in [-0.25, -0.2) is 0 Å². The van der Waals surface area contributed by atoms with Crippen LogP contribution in [0, 0.1) is 0 Å². The van der Waals surface area contributed by atoms with Crippen LogP contribution in [0.2, 0.25) is 0 Å². The fraction of sp³-hybridized carbons (Fsp3) is 0.0667. The summed E-state index contributed by atoms with van der Waals surface area (Å²) < 4.78 is 11.5. The molecule has 1 aromatic heterocycles. The number of ether oxygens (including phenoxy) is 1. The number of hydrogen-bond acceptors (Lipinski definition) is 5. The van der Waals surface area contributed by atoms with Crippen molar-refractivity contribution in [2.45, 2.75) is 0 Å². The fourth-order valence-corrected chi connectivity index (χ4v) is 3.00. The van der Waals surface area contributed by atoms with E-state index in [0.717, 1.165) is 11.3 Å². The standard InChI is InChI=1S/C15H11NO3S2/c1-18-11-5-3-2-4-10(11)12-7-6-9(19-12)8-13-14(17)16-15(20)21-13/h2-8H,1H3,(H,16,17,20)/b13-8+. The molecule has 0 saturated carbocycles. The van der Waals surface area contributed by atoms with E-state index in [1.807, 2.05) is 36.4 Å². The maximum Gasteiger partial charge on any atom is 0.263 e. The Hall–Kier alpha value is -2.05. The van der Waals surface area contributed by atoms with E-state index in [1.54, 1.807) is 13.2 Å². The minimum Gasteiger partial charge on any atom is -0.496 e. The van der Waals surface area contributed by atoms with Crippen LogP contribution in [0.15, 0.2) is 45.7 Å². The molecule has 21 heavy (non-hydrogen) atoms. The Bertz CT molecular complexity index is 749. The SMILES string of the molecule is COc1ccccc1-c1ccc(/C=C2/SC(=S)NC2=O)o1. The number of para-hydroxylation sites is 1. The van der Waals surface area contributed by atoms with Crippen LogP contribution in [0.1, 0.15) is 5.76 Å². The van der Waals surface area contributed by atoms with Crippen molar-refractivity contribution in [2.24, 2.45) is 0 Å². The fourth-order valence-electron chi connectivity index (χ4n) is 1.97. The zero-order valence-corrected chi connectivity index (χ0v) is 12.7. The number of furan rings is 1. The average molecular weight is 317 g/mol. The number of carbonyl (C=O) groups is 1. The second kappa shape index (κ2) is 5.75. The second-order valence-electron chi connectivity index (χ2n) is 4.25. The number of hydrogen-bond donors (Lipinski definition) is 1. The van der Waals surface area contributed by atoms with Gasteiger partial charge in [0.05, 0.1) is 17.6 Å². The molecule has 0 aliphatic carbocycles. The van der Waals surface area contributed by atoms with Crippen molar-refractivity contribution in [2.75, 3.05) is 7.11 Å². The highest BCUT2D eigenvalue weighted by Gasteiger charge is 2.22. The number of carbonyl (C=O) groups excluding carboxylic acids is 1. The zero-order valence-electron chi connectivity index (χ0n) is 11.1. The molecule has 6 heteroatoms. The zero-order chi connectivity index (χ0) is 14.8. The first-order valence-corrected chi connectivity index (χ1v) is 7.38. The van der Waals surface area contributed by atoms with Gasteiger partial charge in [0.15, 0.2) is 0 Å². The first-order valence-electron chi connectivity index (χ1n) is 6.15.